The Morgan fingerprint density at radius 2 is 1.94 bits per heavy atom. The fraction of sp³-hybridized carbons (Fsp3) is 0.360. The van der Waals surface area contributed by atoms with Gasteiger partial charge in [0.1, 0.15) is 6.10 Å². The van der Waals surface area contributed by atoms with Gasteiger partial charge >= 0.3 is 6.09 Å². The number of carbonyl (C=O) groups excluding carboxylic acids is 2. The normalized spacial score (nSPS) is 15.4. The number of nitrogens with one attached hydrogen (secondary N) is 1. The van der Waals surface area contributed by atoms with Gasteiger partial charge in [0.05, 0.1) is 13.0 Å². The van der Waals surface area contributed by atoms with Gasteiger partial charge in [0.2, 0.25) is 11.9 Å². The second kappa shape index (κ2) is 10.6. The van der Waals surface area contributed by atoms with Crippen molar-refractivity contribution in [3.05, 3.63) is 64.1 Å². The van der Waals surface area contributed by atoms with E-state index in [1.165, 1.54) is 4.88 Å². The summed E-state index contributed by atoms with van der Waals surface area (Å²) < 4.78 is 5.51. The molecule has 1 aromatic carbocycles. The van der Waals surface area contributed by atoms with Crippen LogP contribution in [-0.4, -0.2) is 52.6 Å². The molecule has 0 saturated carbocycles. The van der Waals surface area contributed by atoms with Crippen molar-refractivity contribution < 1.29 is 14.3 Å². The van der Waals surface area contributed by atoms with Crippen LogP contribution < -0.4 is 10.2 Å². The summed E-state index contributed by atoms with van der Waals surface area (Å²) in [5, 5.41) is 4.78. The van der Waals surface area contributed by atoms with Gasteiger partial charge in [0.15, 0.2) is 0 Å². The fourth-order valence-electron chi connectivity index (χ4n) is 4.02. The van der Waals surface area contributed by atoms with E-state index in [2.05, 4.69) is 21.4 Å². The van der Waals surface area contributed by atoms with Gasteiger partial charge in [-0.15, -0.1) is 11.3 Å². The zero-order chi connectivity index (χ0) is 24.1. The molecule has 8 nitrogen and oxygen atoms in total. The van der Waals surface area contributed by atoms with E-state index in [1.807, 2.05) is 67.4 Å². The highest BCUT2D eigenvalue weighted by molar-refractivity contribution is 7.09. The summed E-state index contributed by atoms with van der Waals surface area (Å²) >= 11 is 1.68. The molecular formula is C25H29N5O3S. The predicted octanol–water partition coefficient (Wildman–Crippen LogP) is 4.71. The van der Waals surface area contributed by atoms with E-state index >= 15 is 0 Å². The fourth-order valence-corrected chi connectivity index (χ4v) is 4.72. The number of amides is 2. The number of likely N-dealkylation sites (tertiary alicyclic amines) is 1. The minimum atomic E-state index is -0.560. The lowest BCUT2D eigenvalue weighted by atomic mass is 10.2. The highest BCUT2D eigenvalue weighted by atomic mass is 32.1. The van der Waals surface area contributed by atoms with Crippen LogP contribution in [0.3, 0.4) is 0 Å². The first-order valence-corrected chi connectivity index (χ1v) is 12.3. The van der Waals surface area contributed by atoms with Crippen LogP contribution >= 0.6 is 11.3 Å². The summed E-state index contributed by atoms with van der Waals surface area (Å²) in [4.78, 5) is 38.8. The molecule has 4 rings (SSSR count). The number of benzene rings is 1. The number of hydrogen-bond donors (Lipinski definition) is 1. The quantitative estimate of drug-likeness (QED) is 0.504. The number of ether oxygens (including phenoxy) is 1. The van der Waals surface area contributed by atoms with Gasteiger partial charge in [-0.3, -0.25) is 10.1 Å². The van der Waals surface area contributed by atoms with Gasteiger partial charge in [-0.05, 0) is 69.0 Å². The van der Waals surface area contributed by atoms with Crippen molar-refractivity contribution >= 4 is 40.7 Å². The van der Waals surface area contributed by atoms with Gasteiger partial charge in [-0.2, -0.15) is 0 Å². The Bertz CT molecular complexity index is 1110. The Hall–Kier alpha value is -3.46. The van der Waals surface area contributed by atoms with Crippen molar-refractivity contribution in [2.24, 2.45) is 0 Å². The first-order valence-electron chi connectivity index (χ1n) is 11.4. The Morgan fingerprint density at radius 1 is 1.21 bits per heavy atom. The third kappa shape index (κ3) is 5.91. The van der Waals surface area contributed by atoms with Crippen LogP contribution in [0.1, 0.15) is 29.6 Å². The molecule has 1 N–H and O–H groups in total. The highest BCUT2D eigenvalue weighted by Crippen LogP contribution is 2.25. The van der Waals surface area contributed by atoms with Crippen LogP contribution in [0.25, 0.3) is 0 Å². The van der Waals surface area contributed by atoms with E-state index in [0.29, 0.717) is 31.3 Å². The molecule has 34 heavy (non-hydrogen) atoms. The van der Waals surface area contributed by atoms with Crippen LogP contribution in [0.4, 0.5) is 22.1 Å². The molecular weight excluding hydrogens is 450 g/mol. The second-order valence-corrected chi connectivity index (χ2v) is 9.30. The molecule has 0 bridgehead atoms. The van der Waals surface area contributed by atoms with E-state index in [4.69, 9.17) is 4.74 Å². The number of rotatable bonds is 8. The van der Waals surface area contributed by atoms with Gasteiger partial charge in [-0.25, -0.2) is 14.8 Å². The largest absolute Gasteiger partial charge is 0.444 e. The first kappa shape index (κ1) is 23.7. The zero-order valence-corrected chi connectivity index (χ0v) is 20.5. The van der Waals surface area contributed by atoms with Crippen molar-refractivity contribution in [2.75, 3.05) is 29.9 Å². The predicted molar refractivity (Wildman–Crippen MR) is 134 cm³/mol. The lowest BCUT2D eigenvalue weighted by Gasteiger charge is -2.22. The minimum Gasteiger partial charge on any atom is -0.444 e. The first-order chi connectivity index (χ1) is 16.4. The summed E-state index contributed by atoms with van der Waals surface area (Å²) in [5.74, 6) is 0.668. The maximum Gasteiger partial charge on any atom is 0.411 e. The average molecular weight is 480 g/mol. The molecule has 3 heterocycles. The molecule has 1 saturated heterocycles. The van der Waals surface area contributed by atoms with E-state index < -0.39 is 12.2 Å². The van der Waals surface area contributed by atoms with Gasteiger partial charge in [0, 0.05) is 40.7 Å². The summed E-state index contributed by atoms with van der Waals surface area (Å²) in [6.45, 7) is 7.71. The number of anilines is 3. The average Bonchev–Trinajstić information content (AvgIpc) is 3.42. The van der Waals surface area contributed by atoms with Crippen LogP contribution in [0.2, 0.25) is 0 Å². The van der Waals surface area contributed by atoms with E-state index in [-0.39, 0.29) is 12.3 Å². The van der Waals surface area contributed by atoms with E-state index in [9.17, 15) is 9.59 Å². The third-order valence-corrected chi connectivity index (χ3v) is 6.55. The summed E-state index contributed by atoms with van der Waals surface area (Å²) in [5.41, 5.74) is 3.37. The minimum absolute atomic E-state index is 0.0203. The van der Waals surface area contributed by atoms with Gasteiger partial charge in [0.25, 0.3) is 0 Å². The molecule has 9 heteroatoms. The van der Waals surface area contributed by atoms with Crippen molar-refractivity contribution in [1.29, 1.82) is 0 Å². The smallest absolute Gasteiger partial charge is 0.411 e. The maximum absolute atomic E-state index is 12.4. The van der Waals surface area contributed by atoms with Crippen LogP contribution in [0, 0.1) is 13.8 Å². The maximum atomic E-state index is 12.4. The zero-order valence-electron chi connectivity index (χ0n) is 19.7. The lowest BCUT2D eigenvalue weighted by molar-refractivity contribution is -0.127. The lowest BCUT2D eigenvalue weighted by Crippen LogP contribution is -2.29. The number of nitrogens with zero attached hydrogens (tertiary/aromatic N) is 4. The Morgan fingerprint density at radius 3 is 2.59 bits per heavy atom. The molecule has 1 aliphatic rings. The summed E-state index contributed by atoms with van der Waals surface area (Å²) in [6, 6.07) is 13.5. The van der Waals surface area contributed by atoms with Crippen LogP contribution in [0.5, 0.6) is 0 Å². The molecule has 178 valence electrons. The van der Waals surface area contributed by atoms with E-state index in [0.717, 1.165) is 23.5 Å². The molecule has 2 aromatic heterocycles. The number of aromatic nitrogens is 2. The molecule has 1 fully saturated rings. The molecule has 2 amide bonds. The van der Waals surface area contributed by atoms with Crippen molar-refractivity contribution in [2.45, 2.75) is 39.7 Å². The molecule has 1 unspecified atom stereocenters. The second-order valence-electron chi connectivity index (χ2n) is 8.27. The van der Waals surface area contributed by atoms with Crippen molar-refractivity contribution in [3.63, 3.8) is 0 Å². The monoisotopic (exact) mass is 479 g/mol. The standard InChI is InChI=1S/C25H29N5O3S/c1-4-30(24-26-17(2)14-18(3)27-24)20-9-7-19(8-10-20)28-25(32)33-21-15-23(31)29(16-21)12-11-22-6-5-13-34-22/h5-10,13-14,21H,4,11-12,15-16H2,1-3H3,(H,28,32). The highest BCUT2D eigenvalue weighted by Gasteiger charge is 2.32. The SMILES string of the molecule is CCN(c1ccc(NC(=O)OC2CC(=O)N(CCc3cccs3)C2)cc1)c1nc(C)cc(C)n1. The van der Waals surface area contributed by atoms with Crippen molar-refractivity contribution in [3.8, 4) is 0 Å². The van der Waals surface area contributed by atoms with Gasteiger partial charge < -0.3 is 14.5 Å². The number of aryl methyl sites for hydroxylation is 2. The van der Waals surface area contributed by atoms with Crippen molar-refractivity contribution in [1.82, 2.24) is 14.9 Å². The topological polar surface area (TPSA) is 87.7 Å². The molecule has 1 aliphatic heterocycles. The third-order valence-electron chi connectivity index (χ3n) is 5.61. The molecule has 3 aromatic rings. The molecule has 1 atom stereocenters. The molecule has 0 radical (unpaired) electrons. The Balaban J connectivity index is 1.31. The van der Waals surface area contributed by atoms with Crippen LogP contribution in [-0.2, 0) is 16.0 Å². The molecule has 0 spiro atoms. The summed E-state index contributed by atoms with van der Waals surface area (Å²) in [7, 11) is 0. The summed E-state index contributed by atoms with van der Waals surface area (Å²) in [6.07, 6.45) is 0.0393. The Kier molecular flexibility index (Phi) is 7.42. The van der Waals surface area contributed by atoms with E-state index in [1.54, 1.807) is 16.2 Å². The molecule has 0 aliphatic carbocycles. The Labute approximate surface area is 203 Å². The number of carbonyl (C=O) groups is 2. The van der Waals surface area contributed by atoms with Gasteiger partial charge in [-0.1, -0.05) is 6.07 Å². The van der Waals surface area contributed by atoms with Crippen LogP contribution in [0.15, 0.2) is 47.8 Å². The number of thiophene rings is 1. The number of hydrogen-bond acceptors (Lipinski definition) is 7.